The Hall–Kier alpha value is -3.88. The first-order chi connectivity index (χ1) is 14.0. The summed E-state index contributed by atoms with van der Waals surface area (Å²) in [5.41, 5.74) is 2.26. The van der Waals surface area contributed by atoms with Crippen molar-refractivity contribution in [3.05, 3.63) is 52.7 Å². The fraction of sp³-hybridized carbons (Fsp3) is 0.200. The molecule has 0 radical (unpaired) electrons. The third-order valence-corrected chi connectivity index (χ3v) is 4.35. The van der Waals surface area contributed by atoms with Crippen LogP contribution in [0, 0.1) is 10.1 Å². The summed E-state index contributed by atoms with van der Waals surface area (Å²) < 4.78 is 21.3. The van der Waals surface area contributed by atoms with Gasteiger partial charge in [-0.1, -0.05) is 6.07 Å². The first kappa shape index (κ1) is 19.9. The molecule has 0 saturated heterocycles. The number of hydrogen-bond donors (Lipinski definition) is 0. The Kier molecular flexibility index (Phi) is 5.77. The molecule has 0 saturated carbocycles. The van der Waals surface area contributed by atoms with Gasteiger partial charge in [-0.15, -0.1) is 5.10 Å². The molecule has 0 aliphatic carbocycles. The summed E-state index contributed by atoms with van der Waals surface area (Å²) >= 11 is 0. The van der Waals surface area contributed by atoms with E-state index >= 15 is 0 Å². The van der Waals surface area contributed by atoms with Gasteiger partial charge in [-0.05, 0) is 29.8 Å². The maximum Gasteiger partial charge on any atom is 0.311 e. The Bertz CT molecular complexity index is 1030. The standard InChI is InChI=1S/C20H19N3O6/c1-26-16-6-5-12(9-15(16)23(24)25)14-7-8-21-22-19(14)13-10-17(27-2)20(29-4)18(11-13)28-3/h5-11H,1-4H3. The molecule has 3 aromatic rings. The van der Waals surface area contributed by atoms with Crippen molar-refractivity contribution in [1.82, 2.24) is 10.2 Å². The van der Waals surface area contributed by atoms with Crippen LogP contribution in [0.25, 0.3) is 22.4 Å². The van der Waals surface area contributed by atoms with E-state index in [9.17, 15) is 10.1 Å². The molecule has 0 fully saturated rings. The van der Waals surface area contributed by atoms with E-state index < -0.39 is 4.92 Å². The Morgan fingerprint density at radius 2 is 1.48 bits per heavy atom. The van der Waals surface area contributed by atoms with E-state index in [4.69, 9.17) is 18.9 Å². The Morgan fingerprint density at radius 3 is 2.03 bits per heavy atom. The van der Waals surface area contributed by atoms with Crippen LogP contribution in [-0.4, -0.2) is 43.6 Å². The summed E-state index contributed by atoms with van der Waals surface area (Å²) in [4.78, 5) is 10.9. The highest BCUT2D eigenvalue weighted by Gasteiger charge is 2.20. The Labute approximate surface area is 167 Å². The number of methoxy groups -OCH3 is 4. The fourth-order valence-corrected chi connectivity index (χ4v) is 3.00. The number of nitro benzene ring substituents is 1. The van der Waals surface area contributed by atoms with Gasteiger partial charge >= 0.3 is 5.69 Å². The molecule has 0 aliphatic heterocycles. The molecule has 0 N–H and O–H groups in total. The number of nitro groups is 1. The molecule has 3 rings (SSSR count). The molecule has 0 spiro atoms. The van der Waals surface area contributed by atoms with E-state index in [-0.39, 0.29) is 11.4 Å². The van der Waals surface area contributed by atoms with Gasteiger partial charge in [0.05, 0.1) is 39.6 Å². The highest BCUT2D eigenvalue weighted by atomic mass is 16.6. The van der Waals surface area contributed by atoms with Crippen LogP contribution < -0.4 is 18.9 Å². The molecule has 0 aliphatic rings. The van der Waals surface area contributed by atoms with E-state index in [0.717, 1.165) is 0 Å². The normalized spacial score (nSPS) is 10.3. The molecule has 1 aromatic heterocycles. The molecule has 9 heteroatoms. The molecular weight excluding hydrogens is 378 g/mol. The largest absolute Gasteiger partial charge is 0.493 e. The third-order valence-electron chi connectivity index (χ3n) is 4.35. The van der Waals surface area contributed by atoms with Crippen LogP contribution in [0.3, 0.4) is 0 Å². The van der Waals surface area contributed by atoms with Gasteiger partial charge in [0.25, 0.3) is 0 Å². The molecule has 0 amide bonds. The lowest BCUT2D eigenvalue weighted by Crippen LogP contribution is -1.98. The molecule has 0 bridgehead atoms. The van der Waals surface area contributed by atoms with Crippen molar-refractivity contribution in [3.8, 4) is 45.4 Å². The second kappa shape index (κ2) is 8.42. The highest BCUT2D eigenvalue weighted by Crippen LogP contribution is 2.43. The number of nitrogens with zero attached hydrogens (tertiary/aromatic N) is 3. The number of hydrogen-bond acceptors (Lipinski definition) is 8. The van der Waals surface area contributed by atoms with Gasteiger partial charge in [-0.25, -0.2) is 0 Å². The zero-order chi connectivity index (χ0) is 21.0. The molecule has 150 valence electrons. The summed E-state index contributed by atoms with van der Waals surface area (Å²) in [5, 5.41) is 19.6. The maximum absolute atomic E-state index is 11.4. The first-order valence-corrected chi connectivity index (χ1v) is 8.48. The van der Waals surface area contributed by atoms with E-state index in [0.29, 0.717) is 39.6 Å². The minimum Gasteiger partial charge on any atom is -0.493 e. The predicted molar refractivity (Wildman–Crippen MR) is 106 cm³/mol. The summed E-state index contributed by atoms with van der Waals surface area (Å²) in [6, 6.07) is 9.94. The second-order valence-corrected chi connectivity index (χ2v) is 5.85. The Balaban J connectivity index is 2.21. The van der Waals surface area contributed by atoms with Gasteiger partial charge in [-0.2, -0.15) is 5.10 Å². The first-order valence-electron chi connectivity index (χ1n) is 8.48. The lowest BCUT2D eigenvalue weighted by molar-refractivity contribution is -0.385. The van der Waals surface area contributed by atoms with Gasteiger partial charge in [0.1, 0.15) is 5.69 Å². The Morgan fingerprint density at radius 1 is 0.828 bits per heavy atom. The highest BCUT2D eigenvalue weighted by molar-refractivity contribution is 5.83. The lowest BCUT2D eigenvalue weighted by Gasteiger charge is -2.15. The number of ether oxygens (including phenoxy) is 4. The predicted octanol–water partition coefficient (Wildman–Crippen LogP) is 3.75. The van der Waals surface area contributed by atoms with Crippen molar-refractivity contribution in [3.63, 3.8) is 0 Å². The maximum atomic E-state index is 11.4. The van der Waals surface area contributed by atoms with Crippen molar-refractivity contribution < 1.29 is 23.9 Å². The van der Waals surface area contributed by atoms with Crippen LogP contribution in [0.1, 0.15) is 0 Å². The van der Waals surface area contributed by atoms with Gasteiger partial charge in [0.15, 0.2) is 17.2 Å². The molecular formula is C20H19N3O6. The van der Waals surface area contributed by atoms with E-state index in [1.165, 1.54) is 40.7 Å². The molecule has 1 heterocycles. The van der Waals surface area contributed by atoms with Crippen molar-refractivity contribution in [1.29, 1.82) is 0 Å². The van der Waals surface area contributed by atoms with Gasteiger partial charge < -0.3 is 18.9 Å². The van der Waals surface area contributed by atoms with Crippen molar-refractivity contribution >= 4 is 5.69 Å². The van der Waals surface area contributed by atoms with E-state index in [1.54, 1.807) is 30.3 Å². The summed E-state index contributed by atoms with van der Waals surface area (Å²) in [7, 11) is 5.94. The molecule has 29 heavy (non-hydrogen) atoms. The average molecular weight is 397 g/mol. The summed E-state index contributed by atoms with van der Waals surface area (Å²) in [5.74, 6) is 1.54. The summed E-state index contributed by atoms with van der Waals surface area (Å²) in [6.07, 6.45) is 1.52. The SMILES string of the molecule is COc1ccc(-c2ccnnc2-c2cc(OC)c(OC)c(OC)c2)cc1[N+](=O)[O-]. The number of aromatic nitrogens is 2. The van der Waals surface area contributed by atoms with Gasteiger partial charge in [0, 0.05) is 17.2 Å². The van der Waals surface area contributed by atoms with Crippen molar-refractivity contribution in [2.75, 3.05) is 28.4 Å². The number of benzene rings is 2. The van der Waals surface area contributed by atoms with Crippen LogP contribution in [0.4, 0.5) is 5.69 Å². The molecule has 0 atom stereocenters. The van der Waals surface area contributed by atoms with Crippen molar-refractivity contribution in [2.45, 2.75) is 0 Å². The zero-order valence-corrected chi connectivity index (χ0v) is 16.3. The van der Waals surface area contributed by atoms with Crippen LogP contribution in [-0.2, 0) is 0 Å². The topological polar surface area (TPSA) is 106 Å². The van der Waals surface area contributed by atoms with Crippen LogP contribution in [0.2, 0.25) is 0 Å². The zero-order valence-electron chi connectivity index (χ0n) is 16.3. The van der Waals surface area contributed by atoms with Gasteiger partial charge in [-0.3, -0.25) is 10.1 Å². The fourth-order valence-electron chi connectivity index (χ4n) is 3.00. The lowest BCUT2D eigenvalue weighted by atomic mass is 9.99. The van der Waals surface area contributed by atoms with E-state index in [2.05, 4.69) is 10.2 Å². The van der Waals surface area contributed by atoms with Crippen LogP contribution in [0.5, 0.6) is 23.0 Å². The number of rotatable bonds is 7. The molecule has 2 aromatic carbocycles. The second-order valence-electron chi connectivity index (χ2n) is 5.85. The smallest absolute Gasteiger partial charge is 0.311 e. The van der Waals surface area contributed by atoms with Crippen LogP contribution in [0.15, 0.2) is 42.6 Å². The quantitative estimate of drug-likeness (QED) is 0.438. The molecule has 0 unspecified atom stereocenters. The molecule has 9 nitrogen and oxygen atoms in total. The third kappa shape index (κ3) is 3.75. The van der Waals surface area contributed by atoms with Crippen molar-refractivity contribution in [2.24, 2.45) is 0 Å². The minimum atomic E-state index is -0.490. The summed E-state index contributed by atoms with van der Waals surface area (Å²) in [6.45, 7) is 0. The monoisotopic (exact) mass is 397 g/mol. The van der Waals surface area contributed by atoms with Crippen LogP contribution >= 0.6 is 0 Å². The average Bonchev–Trinajstić information content (AvgIpc) is 2.77. The van der Waals surface area contributed by atoms with E-state index in [1.807, 2.05) is 0 Å². The van der Waals surface area contributed by atoms with Gasteiger partial charge in [0.2, 0.25) is 5.75 Å². The minimum absolute atomic E-state index is 0.141.